The molecule has 0 radical (unpaired) electrons. The molecule has 1 N–H and O–H groups in total. The summed E-state index contributed by atoms with van der Waals surface area (Å²) in [5.74, 6) is -3.91. The molecular formula is C31H37F3N6O3Si. The van der Waals surface area contributed by atoms with Gasteiger partial charge in [0.05, 0.1) is 41.7 Å². The van der Waals surface area contributed by atoms with E-state index in [1.807, 2.05) is 10.6 Å². The smallest absolute Gasteiger partial charge is 0.280 e. The molecule has 2 aliphatic heterocycles. The molecule has 2 unspecified atom stereocenters. The number of carbonyl (C=O) groups excluding carboxylic acids is 1. The lowest BCUT2D eigenvalue weighted by molar-refractivity contribution is 0.0257. The summed E-state index contributed by atoms with van der Waals surface area (Å²) in [5.41, 5.74) is 3.38. The molecule has 234 valence electrons. The van der Waals surface area contributed by atoms with E-state index in [9.17, 15) is 18.7 Å². The number of halogens is 3. The summed E-state index contributed by atoms with van der Waals surface area (Å²) >= 11 is 0. The molecule has 2 aromatic carbocycles. The van der Waals surface area contributed by atoms with Crippen LogP contribution in [0.3, 0.4) is 0 Å². The molecule has 1 amide bonds. The first-order valence-electron chi connectivity index (χ1n) is 14.8. The highest BCUT2D eigenvalue weighted by molar-refractivity contribution is 6.76. The number of fused-ring (bicyclic) bond motifs is 2. The molecular weight excluding hydrogens is 589 g/mol. The van der Waals surface area contributed by atoms with Crippen LogP contribution < -0.4 is 9.80 Å². The van der Waals surface area contributed by atoms with Crippen LogP contribution in [0.15, 0.2) is 42.7 Å². The van der Waals surface area contributed by atoms with E-state index in [0.717, 1.165) is 11.6 Å². The van der Waals surface area contributed by atoms with Crippen LogP contribution in [0.25, 0.3) is 11.0 Å². The third-order valence-corrected chi connectivity index (χ3v) is 10.1. The average molecular weight is 627 g/mol. The van der Waals surface area contributed by atoms with E-state index < -0.39 is 44.4 Å². The van der Waals surface area contributed by atoms with E-state index in [2.05, 4.69) is 29.7 Å². The number of alkyl halides is 2. The van der Waals surface area contributed by atoms with Gasteiger partial charge in [0.2, 0.25) is 0 Å². The predicted molar refractivity (Wildman–Crippen MR) is 165 cm³/mol. The molecule has 0 saturated carbocycles. The van der Waals surface area contributed by atoms with Gasteiger partial charge in [-0.15, -0.1) is 0 Å². The minimum Gasteiger partial charge on any atom is -0.387 e. The number of benzene rings is 2. The number of rotatable bonds is 9. The molecule has 0 aliphatic carbocycles. The number of ether oxygens (including phenoxy) is 1. The second-order valence-corrected chi connectivity index (χ2v) is 18.6. The first-order valence-corrected chi connectivity index (χ1v) is 18.5. The van der Waals surface area contributed by atoms with Crippen molar-refractivity contribution in [3.8, 4) is 0 Å². The van der Waals surface area contributed by atoms with Gasteiger partial charge in [0.25, 0.3) is 11.8 Å². The first kappa shape index (κ1) is 30.3. The molecule has 6 rings (SSSR count). The van der Waals surface area contributed by atoms with E-state index in [1.54, 1.807) is 38.5 Å². The fourth-order valence-corrected chi connectivity index (χ4v) is 6.89. The van der Waals surface area contributed by atoms with Crippen molar-refractivity contribution in [1.82, 2.24) is 19.3 Å². The van der Waals surface area contributed by atoms with Crippen molar-refractivity contribution in [3.63, 3.8) is 0 Å². The summed E-state index contributed by atoms with van der Waals surface area (Å²) in [7, 11) is 0.410. The Morgan fingerprint density at radius 3 is 2.57 bits per heavy atom. The van der Waals surface area contributed by atoms with Gasteiger partial charge in [-0.05, 0) is 43.3 Å². The van der Waals surface area contributed by atoms with Crippen LogP contribution in [-0.2, 0) is 18.5 Å². The monoisotopic (exact) mass is 626 g/mol. The van der Waals surface area contributed by atoms with Gasteiger partial charge in [-0.2, -0.15) is 5.10 Å². The van der Waals surface area contributed by atoms with Crippen molar-refractivity contribution in [2.45, 2.75) is 63.8 Å². The van der Waals surface area contributed by atoms with Crippen LogP contribution >= 0.6 is 0 Å². The highest BCUT2D eigenvalue weighted by atomic mass is 28.3. The minimum absolute atomic E-state index is 0.120. The van der Waals surface area contributed by atoms with Crippen molar-refractivity contribution in [2.24, 2.45) is 7.05 Å². The molecule has 0 bridgehead atoms. The number of nitrogens with zero attached hydrogens (tertiary/aromatic N) is 6. The van der Waals surface area contributed by atoms with Gasteiger partial charge in [-0.25, -0.2) is 18.2 Å². The highest BCUT2D eigenvalue weighted by Crippen LogP contribution is 2.46. The van der Waals surface area contributed by atoms with Crippen molar-refractivity contribution in [3.05, 3.63) is 71.1 Å². The van der Waals surface area contributed by atoms with Crippen molar-refractivity contribution < 1.29 is 27.8 Å². The van der Waals surface area contributed by atoms with Gasteiger partial charge >= 0.3 is 0 Å². The highest BCUT2D eigenvalue weighted by Gasteiger charge is 2.46. The number of amides is 1. The molecule has 2 aromatic heterocycles. The average Bonchev–Trinajstić information content (AvgIpc) is 3.67. The Morgan fingerprint density at radius 1 is 1.16 bits per heavy atom. The van der Waals surface area contributed by atoms with Gasteiger partial charge < -0.3 is 19.3 Å². The SMILES string of the molecule is CC(O)c1c2c(nn1C)C(=O)N(c1ccc3c(c1)ncn3COCC[Si](C)(C)C)C2c1ccc(N2CCC(F)(F)C2)cc1F. The molecule has 2 aliphatic rings. The lowest BCUT2D eigenvalue weighted by Gasteiger charge is -2.28. The number of carbonyl (C=O) groups is 1. The largest absolute Gasteiger partial charge is 0.387 e. The second-order valence-electron chi connectivity index (χ2n) is 13.0. The number of anilines is 2. The maximum Gasteiger partial charge on any atom is 0.280 e. The normalized spacial score (nSPS) is 18.9. The predicted octanol–water partition coefficient (Wildman–Crippen LogP) is 5.87. The number of aryl methyl sites for hydroxylation is 1. The van der Waals surface area contributed by atoms with E-state index >= 15 is 4.39 Å². The van der Waals surface area contributed by atoms with Crippen LogP contribution in [0.1, 0.15) is 52.8 Å². The van der Waals surface area contributed by atoms with Crippen LogP contribution in [0.2, 0.25) is 25.7 Å². The fraction of sp³-hybridized carbons (Fsp3) is 0.452. The summed E-state index contributed by atoms with van der Waals surface area (Å²) in [5, 5.41) is 15.1. The van der Waals surface area contributed by atoms with Gasteiger partial charge in [-0.3, -0.25) is 14.4 Å². The summed E-state index contributed by atoms with van der Waals surface area (Å²) in [6.07, 6.45) is 0.412. The Bertz CT molecular complexity index is 1730. The summed E-state index contributed by atoms with van der Waals surface area (Å²) in [6, 6.07) is 9.87. The third kappa shape index (κ3) is 5.52. The molecule has 13 heteroatoms. The summed E-state index contributed by atoms with van der Waals surface area (Å²) in [6.45, 7) is 9.11. The zero-order valence-electron chi connectivity index (χ0n) is 25.5. The molecule has 1 fully saturated rings. The lowest BCUT2D eigenvalue weighted by Crippen LogP contribution is -2.31. The van der Waals surface area contributed by atoms with Crippen molar-refractivity contribution in [2.75, 3.05) is 29.5 Å². The Balaban J connectivity index is 1.37. The Morgan fingerprint density at radius 2 is 1.91 bits per heavy atom. The Kier molecular flexibility index (Phi) is 7.61. The number of aliphatic hydroxyl groups excluding tert-OH is 1. The van der Waals surface area contributed by atoms with Gasteiger partial charge in [0.1, 0.15) is 12.5 Å². The molecule has 0 spiro atoms. The molecule has 44 heavy (non-hydrogen) atoms. The zero-order valence-corrected chi connectivity index (χ0v) is 26.5. The van der Waals surface area contributed by atoms with Gasteiger partial charge in [-0.1, -0.05) is 25.7 Å². The summed E-state index contributed by atoms with van der Waals surface area (Å²) < 4.78 is 53.0. The standard InChI is InChI=1S/C31H37F3N6O3Si/c1-19(41)28-26-27(36-37(28)2)30(42)40(29(26)22-8-6-20(14-23(22)32)38-11-10-31(33,34)16-38)21-7-9-25-24(15-21)35-17-39(25)18-43-12-13-44(3,4)5/h6-9,14-15,17,19,29,41H,10-13,16,18H2,1-5H3. The molecule has 9 nitrogen and oxygen atoms in total. The molecule has 2 atom stereocenters. The number of hydrogen-bond donors (Lipinski definition) is 1. The van der Waals surface area contributed by atoms with Crippen LogP contribution in [0, 0.1) is 5.82 Å². The number of aliphatic hydroxyl groups is 1. The maximum absolute atomic E-state index is 16.0. The first-order chi connectivity index (χ1) is 20.7. The number of hydrogen-bond acceptors (Lipinski definition) is 6. The molecule has 4 heterocycles. The second kappa shape index (κ2) is 11.0. The van der Waals surface area contributed by atoms with Crippen molar-refractivity contribution >= 4 is 36.4 Å². The van der Waals surface area contributed by atoms with E-state index in [4.69, 9.17) is 4.74 Å². The lowest BCUT2D eigenvalue weighted by atomic mass is 9.96. The van der Waals surface area contributed by atoms with E-state index in [1.165, 1.54) is 26.6 Å². The summed E-state index contributed by atoms with van der Waals surface area (Å²) in [4.78, 5) is 21.4. The number of imidazole rings is 1. The number of aromatic nitrogens is 4. The van der Waals surface area contributed by atoms with Crippen LogP contribution in [0.4, 0.5) is 24.5 Å². The van der Waals surface area contributed by atoms with Crippen LogP contribution in [0.5, 0.6) is 0 Å². The van der Waals surface area contributed by atoms with E-state index in [0.29, 0.717) is 41.5 Å². The van der Waals surface area contributed by atoms with E-state index in [-0.39, 0.29) is 24.2 Å². The zero-order chi connectivity index (χ0) is 31.6. The van der Waals surface area contributed by atoms with Crippen molar-refractivity contribution in [1.29, 1.82) is 0 Å². The maximum atomic E-state index is 16.0. The molecule has 4 aromatic rings. The molecule has 1 saturated heterocycles. The van der Waals surface area contributed by atoms with Gasteiger partial charge in [0.15, 0.2) is 5.69 Å². The fourth-order valence-electron chi connectivity index (χ4n) is 6.13. The van der Waals surface area contributed by atoms with Gasteiger partial charge in [0, 0.05) is 57.2 Å². The third-order valence-electron chi connectivity index (χ3n) is 8.40. The topological polar surface area (TPSA) is 88.7 Å². The quantitative estimate of drug-likeness (QED) is 0.185. The Labute approximate surface area is 254 Å². The minimum atomic E-state index is -2.83. The van der Waals surface area contributed by atoms with Crippen LogP contribution in [-0.4, -0.2) is 64.0 Å². The Hall–Kier alpha value is -3.68.